The lowest BCUT2D eigenvalue weighted by Crippen LogP contribution is -2.44. The summed E-state index contributed by atoms with van der Waals surface area (Å²) in [5.41, 5.74) is 6.90. The summed E-state index contributed by atoms with van der Waals surface area (Å²) in [6.45, 7) is 5.55. The number of rotatable bonds is 5. The zero-order valence-corrected chi connectivity index (χ0v) is 12.1. The molecule has 5 heteroatoms. The lowest BCUT2D eigenvalue weighted by atomic mass is 10.1. The molecule has 1 saturated heterocycles. The minimum Gasteiger partial charge on any atom is -0.349 e. The molecule has 0 bridgehead atoms. The van der Waals surface area contributed by atoms with Crippen molar-refractivity contribution in [2.75, 3.05) is 19.6 Å². The van der Waals surface area contributed by atoms with Gasteiger partial charge in [0.2, 0.25) is 0 Å². The summed E-state index contributed by atoms with van der Waals surface area (Å²) < 4.78 is 0. The van der Waals surface area contributed by atoms with Crippen molar-refractivity contribution in [2.45, 2.75) is 38.8 Å². The van der Waals surface area contributed by atoms with Gasteiger partial charge in [-0.2, -0.15) is 0 Å². The molecule has 1 aliphatic heterocycles. The predicted octanol–water partition coefficient (Wildman–Crippen LogP) is 1.14. The zero-order valence-electron chi connectivity index (χ0n) is 12.1. The van der Waals surface area contributed by atoms with Gasteiger partial charge >= 0.3 is 0 Å². The SMILES string of the molecule is CC(CNC(=O)c1ccc(CN)cn1)N1CCCCC1. The van der Waals surface area contributed by atoms with Gasteiger partial charge in [0.05, 0.1) is 0 Å². The summed E-state index contributed by atoms with van der Waals surface area (Å²) in [6.07, 6.45) is 5.51. The topological polar surface area (TPSA) is 71.2 Å². The van der Waals surface area contributed by atoms with Crippen LogP contribution in [0.4, 0.5) is 0 Å². The highest BCUT2D eigenvalue weighted by Crippen LogP contribution is 2.11. The number of carbonyl (C=O) groups is 1. The van der Waals surface area contributed by atoms with Crippen LogP contribution in [0.2, 0.25) is 0 Å². The van der Waals surface area contributed by atoms with Gasteiger partial charge in [0.25, 0.3) is 5.91 Å². The van der Waals surface area contributed by atoms with Crippen molar-refractivity contribution >= 4 is 5.91 Å². The number of nitrogens with zero attached hydrogens (tertiary/aromatic N) is 2. The lowest BCUT2D eigenvalue weighted by Gasteiger charge is -2.32. The van der Waals surface area contributed by atoms with Crippen molar-refractivity contribution in [3.63, 3.8) is 0 Å². The number of likely N-dealkylation sites (tertiary alicyclic amines) is 1. The van der Waals surface area contributed by atoms with E-state index in [-0.39, 0.29) is 5.91 Å². The van der Waals surface area contributed by atoms with E-state index in [0.717, 1.165) is 18.7 Å². The Balaban J connectivity index is 1.81. The summed E-state index contributed by atoms with van der Waals surface area (Å²) in [7, 11) is 0. The first-order valence-electron chi connectivity index (χ1n) is 7.38. The molecule has 1 aliphatic rings. The zero-order chi connectivity index (χ0) is 14.4. The summed E-state index contributed by atoms with van der Waals surface area (Å²) in [5.74, 6) is -0.113. The first-order valence-corrected chi connectivity index (χ1v) is 7.38. The Kier molecular flexibility index (Phi) is 5.49. The molecule has 2 rings (SSSR count). The van der Waals surface area contributed by atoms with Crippen molar-refractivity contribution in [1.29, 1.82) is 0 Å². The third kappa shape index (κ3) is 4.02. The molecular formula is C15H24N4O. The van der Waals surface area contributed by atoms with Gasteiger partial charge < -0.3 is 11.1 Å². The Labute approximate surface area is 120 Å². The molecule has 2 heterocycles. The second-order valence-electron chi connectivity index (χ2n) is 5.41. The van der Waals surface area contributed by atoms with Crippen LogP contribution in [0.1, 0.15) is 42.2 Å². The van der Waals surface area contributed by atoms with Crippen LogP contribution in [-0.2, 0) is 6.54 Å². The standard InChI is InChI=1S/C15H24N4O/c1-12(19-7-3-2-4-8-19)10-18-15(20)14-6-5-13(9-16)11-17-14/h5-6,11-12H,2-4,7-10,16H2,1H3,(H,18,20). The molecule has 1 atom stereocenters. The van der Waals surface area contributed by atoms with E-state index in [1.807, 2.05) is 6.07 Å². The molecule has 110 valence electrons. The van der Waals surface area contributed by atoms with Crippen molar-refractivity contribution in [2.24, 2.45) is 5.73 Å². The summed E-state index contributed by atoms with van der Waals surface area (Å²) in [4.78, 5) is 18.6. The van der Waals surface area contributed by atoms with Crippen LogP contribution in [0, 0.1) is 0 Å². The van der Waals surface area contributed by atoms with Gasteiger partial charge in [0.1, 0.15) is 5.69 Å². The van der Waals surface area contributed by atoms with Gasteiger partial charge in [0, 0.05) is 25.3 Å². The van der Waals surface area contributed by atoms with Crippen molar-refractivity contribution < 1.29 is 4.79 Å². The number of hydrogen-bond acceptors (Lipinski definition) is 4. The molecule has 1 aromatic heterocycles. The largest absolute Gasteiger partial charge is 0.349 e. The van der Waals surface area contributed by atoms with E-state index in [1.54, 1.807) is 12.3 Å². The number of piperidine rings is 1. The van der Waals surface area contributed by atoms with E-state index in [9.17, 15) is 4.79 Å². The first kappa shape index (κ1) is 14.9. The number of nitrogens with two attached hydrogens (primary N) is 1. The lowest BCUT2D eigenvalue weighted by molar-refractivity contribution is 0.0925. The molecule has 5 nitrogen and oxygen atoms in total. The number of hydrogen-bond donors (Lipinski definition) is 2. The first-order chi connectivity index (χ1) is 9.70. The van der Waals surface area contributed by atoms with Crippen LogP contribution in [0.5, 0.6) is 0 Å². The highest BCUT2D eigenvalue weighted by atomic mass is 16.1. The fourth-order valence-corrected chi connectivity index (χ4v) is 2.50. The predicted molar refractivity (Wildman–Crippen MR) is 79.3 cm³/mol. The normalized spacial score (nSPS) is 17.7. The van der Waals surface area contributed by atoms with Gasteiger partial charge in [0.15, 0.2) is 0 Å². The molecule has 0 spiro atoms. The monoisotopic (exact) mass is 276 g/mol. The van der Waals surface area contributed by atoms with Crippen molar-refractivity contribution in [3.8, 4) is 0 Å². The van der Waals surface area contributed by atoms with Crippen LogP contribution in [0.15, 0.2) is 18.3 Å². The van der Waals surface area contributed by atoms with Gasteiger partial charge in [-0.3, -0.25) is 14.7 Å². The Morgan fingerprint density at radius 1 is 1.40 bits per heavy atom. The maximum atomic E-state index is 12.0. The molecule has 0 aromatic carbocycles. The number of carbonyl (C=O) groups excluding carboxylic acids is 1. The molecule has 1 aromatic rings. The quantitative estimate of drug-likeness (QED) is 0.846. The second-order valence-corrected chi connectivity index (χ2v) is 5.41. The van der Waals surface area contributed by atoms with Gasteiger partial charge in [-0.1, -0.05) is 12.5 Å². The fourth-order valence-electron chi connectivity index (χ4n) is 2.50. The highest BCUT2D eigenvalue weighted by Gasteiger charge is 2.17. The number of pyridine rings is 1. The fraction of sp³-hybridized carbons (Fsp3) is 0.600. The molecular weight excluding hydrogens is 252 g/mol. The molecule has 20 heavy (non-hydrogen) atoms. The van der Waals surface area contributed by atoms with E-state index in [4.69, 9.17) is 5.73 Å². The smallest absolute Gasteiger partial charge is 0.269 e. The van der Waals surface area contributed by atoms with Gasteiger partial charge in [-0.15, -0.1) is 0 Å². The Bertz CT molecular complexity index is 426. The molecule has 3 N–H and O–H groups in total. The van der Waals surface area contributed by atoms with E-state index in [0.29, 0.717) is 24.8 Å². The maximum absolute atomic E-state index is 12.0. The minimum atomic E-state index is -0.113. The van der Waals surface area contributed by atoms with Gasteiger partial charge in [-0.05, 0) is 44.5 Å². The molecule has 0 saturated carbocycles. The molecule has 1 fully saturated rings. The third-order valence-electron chi connectivity index (χ3n) is 3.87. The van der Waals surface area contributed by atoms with E-state index >= 15 is 0 Å². The van der Waals surface area contributed by atoms with Crippen molar-refractivity contribution in [1.82, 2.24) is 15.2 Å². The number of amides is 1. The molecule has 1 amide bonds. The number of nitrogens with one attached hydrogen (secondary N) is 1. The molecule has 0 radical (unpaired) electrons. The van der Waals surface area contributed by atoms with Crippen LogP contribution >= 0.6 is 0 Å². The highest BCUT2D eigenvalue weighted by molar-refractivity contribution is 5.92. The second kappa shape index (κ2) is 7.36. The maximum Gasteiger partial charge on any atom is 0.269 e. The molecule has 0 aliphatic carbocycles. The average molecular weight is 276 g/mol. The van der Waals surface area contributed by atoms with Crippen molar-refractivity contribution in [3.05, 3.63) is 29.6 Å². The van der Waals surface area contributed by atoms with Crippen LogP contribution < -0.4 is 11.1 Å². The summed E-state index contributed by atoms with van der Waals surface area (Å²) in [6, 6.07) is 3.95. The van der Waals surface area contributed by atoms with Crippen LogP contribution in [0.25, 0.3) is 0 Å². The van der Waals surface area contributed by atoms with Gasteiger partial charge in [-0.25, -0.2) is 0 Å². The number of aromatic nitrogens is 1. The Morgan fingerprint density at radius 2 is 2.15 bits per heavy atom. The van der Waals surface area contributed by atoms with Crippen LogP contribution in [0.3, 0.4) is 0 Å². The summed E-state index contributed by atoms with van der Waals surface area (Å²) in [5, 5.41) is 2.96. The Hall–Kier alpha value is -1.46. The summed E-state index contributed by atoms with van der Waals surface area (Å²) >= 11 is 0. The average Bonchev–Trinajstić information content (AvgIpc) is 2.53. The Morgan fingerprint density at radius 3 is 2.75 bits per heavy atom. The van der Waals surface area contributed by atoms with E-state index in [1.165, 1.54) is 19.3 Å². The third-order valence-corrected chi connectivity index (χ3v) is 3.87. The minimum absolute atomic E-state index is 0.113. The van der Waals surface area contributed by atoms with E-state index in [2.05, 4.69) is 22.1 Å². The molecule has 1 unspecified atom stereocenters. The van der Waals surface area contributed by atoms with Crippen LogP contribution in [-0.4, -0.2) is 41.5 Å². The van der Waals surface area contributed by atoms with E-state index < -0.39 is 0 Å².